The van der Waals surface area contributed by atoms with Gasteiger partial charge in [-0.2, -0.15) is 0 Å². The van der Waals surface area contributed by atoms with E-state index in [1.807, 2.05) is 0 Å². The van der Waals surface area contributed by atoms with Crippen molar-refractivity contribution in [2.24, 2.45) is 0 Å². The van der Waals surface area contributed by atoms with Gasteiger partial charge in [-0.3, -0.25) is 9.59 Å². The molecular formula is C9H10O3. The first kappa shape index (κ1) is 8.71. The van der Waals surface area contributed by atoms with Gasteiger partial charge in [0.25, 0.3) is 0 Å². The molecule has 0 saturated heterocycles. The van der Waals surface area contributed by atoms with E-state index in [1.165, 1.54) is 13.2 Å². The first-order chi connectivity index (χ1) is 5.57. The number of Topliss-reactive ketones (excluding diaryl/α,β-unsaturated/α-hetero) is 1. The van der Waals surface area contributed by atoms with E-state index in [0.717, 1.165) is 0 Å². The smallest absolute Gasteiger partial charge is 0.223 e. The lowest BCUT2D eigenvalue weighted by Crippen LogP contribution is -2.17. The number of ketones is 2. The van der Waals surface area contributed by atoms with Crippen LogP contribution in [0.25, 0.3) is 0 Å². The van der Waals surface area contributed by atoms with E-state index in [9.17, 15) is 9.59 Å². The van der Waals surface area contributed by atoms with Gasteiger partial charge >= 0.3 is 0 Å². The highest BCUT2D eigenvalue weighted by Crippen LogP contribution is 2.18. The van der Waals surface area contributed by atoms with Gasteiger partial charge in [-0.1, -0.05) is 0 Å². The topological polar surface area (TPSA) is 43.4 Å². The molecule has 64 valence electrons. The molecule has 0 unspecified atom stereocenters. The summed E-state index contributed by atoms with van der Waals surface area (Å²) in [6, 6.07) is 0. The van der Waals surface area contributed by atoms with Crippen molar-refractivity contribution in [1.29, 1.82) is 0 Å². The lowest BCUT2D eigenvalue weighted by atomic mass is 9.97. The van der Waals surface area contributed by atoms with Crippen molar-refractivity contribution in [3.05, 3.63) is 23.0 Å². The summed E-state index contributed by atoms with van der Waals surface area (Å²) in [5.74, 6) is -0.182. The number of hydrogen-bond acceptors (Lipinski definition) is 3. The van der Waals surface area contributed by atoms with Crippen LogP contribution >= 0.6 is 0 Å². The molecule has 0 aromatic heterocycles. The van der Waals surface area contributed by atoms with Crippen LogP contribution in [0.3, 0.4) is 0 Å². The third-order valence-corrected chi connectivity index (χ3v) is 1.83. The summed E-state index contributed by atoms with van der Waals surface area (Å²) in [6.07, 6.45) is 1.33. The second kappa shape index (κ2) is 2.93. The monoisotopic (exact) mass is 166 g/mol. The molecule has 0 aromatic rings. The Bertz CT molecular complexity index is 308. The molecule has 0 aliphatic heterocycles. The lowest BCUT2D eigenvalue weighted by Gasteiger charge is -2.12. The van der Waals surface area contributed by atoms with Crippen LogP contribution in [0.15, 0.2) is 23.0 Å². The van der Waals surface area contributed by atoms with E-state index in [-0.39, 0.29) is 17.3 Å². The maximum atomic E-state index is 11.3. The van der Waals surface area contributed by atoms with Gasteiger partial charge in [0, 0.05) is 11.1 Å². The number of carbonyl (C=O) groups is 2. The Labute approximate surface area is 70.7 Å². The molecule has 0 aromatic carbocycles. The van der Waals surface area contributed by atoms with Gasteiger partial charge in [0.1, 0.15) is 0 Å². The van der Waals surface area contributed by atoms with Gasteiger partial charge < -0.3 is 4.74 Å². The van der Waals surface area contributed by atoms with E-state index in [0.29, 0.717) is 11.1 Å². The summed E-state index contributed by atoms with van der Waals surface area (Å²) in [6.45, 7) is 3.19. The van der Waals surface area contributed by atoms with E-state index >= 15 is 0 Å². The SMILES string of the molecule is COC1=C(C)C(=O)C=C(C)C1=O. The van der Waals surface area contributed by atoms with E-state index < -0.39 is 0 Å². The summed E-state index contributed by atoms with van der Waals surface area (Å²) in [4.78, 5) is 22.5. The normalized spacial score (nSPS) is 18.1. The molecule has 0 saturated carbocycles. The van der Waals surface area contributed by atoms with Gasteiger partial charge in [0.05, 0.1) is 7.11 Å². The maximum Gasteiger partial charge on any atom is 0.223 e. The van der Waals surface area contributed by atoms with Crippen LogP contribution in [0.4, 0.5) is 0 Å². The Morgan fingerprint density at radius 1 is 1.25 bits per heavy atom. The fourth-order valence-corrected chi connectivity index (χ4v) is 1.08. The van der Waals surface area contributed by atoms with Gasteiger partial charge in [0.15, 0.2) is 11.5 Å². The predicted octanol–water partition coefficient (Wildman–Crippen LogP) is 1.00. The standard InChI is InChI=1S/C9H10O3/c1-5-4-7(10)6(2)9(12-3)8(5)11/h4H,1-3H3. The molecular weight excluding hydrogens is 156 g/mol. The van der Waals surface area contributed by atoms with Crippen LogP contribution in [-0.2, 0) is 14.3 Å². The molecule has 1 aliphatic rings. The average molecular weight is 166 g/mol. The molecule has 0 N–H and O–H groups in total. The summed E-state index contributed by atoms with van der Waals surface area (Å²) in [5, 5.41) is 0. The van der Waals surface area contributed by atoms with Crippen LogP contribution in [0.5, 0.6) is 0 Å². The van der Waals surface area contributed by atoms with Crippen LogP contribution in [0, 0.1) is 0 Å². The minimum absolute atomic E-state index is 0.149. The van der Waals surface area contributed by atoms with Crippen molar-refractivity contribution in [2.45, 2.75) is 13.8 Å². The second-order valence-corrected chi connectivity index (χ2v) is 2.68. The molecule has 0 spiro atoms. The quantitative estimate of drug-likeness (QED) is 0.546. The van der Waals surface area contributed by atoms with Gasteiger partial charge in [0.2, 0.25) is 5.78 Å². The van der Waals surface area contributed by atoms with Crippen molar-refractivity contribution in [1.82, 2.24) is 0 Å². The Balaban J connectivity index is 3.17. The van der Waals surface area contributed by atoms with Crippen LogP contribution in [0.2, 0.25) is 0 Å². The van der Waals surface area contributed by atoms with E-state index in [2.05, 4.69) is 0 Å². The Kier molecular flexibility index (Phi) is 2.13. The third kappa shape index (κ3) is 1.18. The number of methoxy groups -OCH3 is 1. The molecule has 0 heterocycles. The third-order valence-electron chi connectivity index (χ3n) is 1.83. The molecule has 0 amide bonds. The predicted molar refractivity (Wildman–Crippen MR) is 43.5 cm³/mol. The summed E-state index contributed by atoms with van der Waals surface area (Å²) in [7, 11) is 1.39. The van der Waals surface area contributed by atoms with Crippen LogP contribution in [-0.4, -0.2) is 18.7 Å². The summed E-state index contributed by atoms with van der Waals surface area (Å²) in [5.41, 5.74) is 0.815. The van der Waals surface area contributed by atoms with Crippen molar-refractivity contribution < 1.29 is 14.3 Å². The van der Waals surface area contributed by atoms with E-state index in [1.54, 1.807) is 13.8 Å². The summed E-state index contributed by atoms with van der Waals surface area (Å²) >= 11 is 0. The van der Waals surface area contributed by atoms with Crippen molar-refractivity contribution in [2.75, 3.05) is 7.11 Å². The molecule has 0 bridgehead atoms. The molecule has 12 heavy (non-hydrogen) atoms. The molecule has 1 aliphatic carbocycles. The van der Waals surface area contributed by atoms with Gasteiger partial charge in [-0.05, 0) is 19.9 Å². The largest absolute Gasteiger partial charge is 0.492 e. The minimum Gasteiger partial charge on any atom is -0.492 e. The zero-order chi connectivity index (χ0) is 9.30. The lowest BCUT2D eigenvalue weighted by molar-refractivity contribution is -0.118. The molecule has 3 heteroatoms. The molecule has 0 atom stereocenters. The highest BCUT2D eigenvalue weighted by atomic mass is 16.5. The zero-order valence-corrected chi connectivity index (χ0v) is 7.30. The fraction of sp³-hybridized carbons (Fsp3) is 0.333. The highest BCUT2D eigenvalue weighted by Gasteiger charge is 2.23. The van der Waals surface area contributed by atoms with Crippen LogP contribution < -0.4 is 0 Å². The number of rotatable bonds is 1. The Morgan fingerprint density at radius 2 is 1.83 bits per heavy atom. The average Bonchev–Trinajstić information content (AvgIpc) is 2.02. The first-order valence-electron chi connectivity index (χ1n) is 3.60. The second-order valence-electron chi connectivity index (χ2n) is 2.68. The number of hydrogen-bond donors (Lipinski definition) is 0. The number of ether oxygens (including phenoxy) is 1. The van der Waals surface area contributed by atoms with Crippen LogP contribution in [0.1, 0.15) is 13.8 Å². The minimum atomic E-state index is -0.199. The Morgan fingerprint density at radius 3 is 2.33 bits per heavy atom. The van der Waals surface area contributed by atoms with Crippen molar-refractivity contribution in [3.8, 4) is 0 Å². The van der Waals surface area contributed by atoms with Gasteiger partial charge in [-0.15, -0.1) is 0 Å². The Hall–Kier alpha value is -1.38. The molecule has 1 rings (SSSR count). The van der Waals surface area contributed by atoms with E-state index in [4.69, 9.17) is 4.74 Å². The fourth-order valence-electron chi connectivity index (χ4n) is 1.08. The maximum absolute atomic E-state index is 11.3. The highest BCUT2D eigenvalue weighted by molar-refractivity contribution is 6.21. The summed E-state index contributed by atoms with van der Waals surface area (Å²) < 4.78 is 4.82. The molecule has 3 nitrogen and oxygen atoms in total. The van der Waals surface area contributed by atoms with Crippen molar-refractivity contribution >= 4 is 11.6 Å². The molecule has 0 radical (unpaired) electrons. The van der Waals surface area contributed by atoms with Gasteiger partial charge in [-0.25, -0.2) is 0 Å². The zero-order valence-electron chi connectivity index (χ0n) is 7.30. The molecule has 0 fully saturated rings. The number of carbonyl (C=O) groups excluding carboxylic acids is 2. The first-order valence-corrected chi connectivity index (χ1v) is 3.60. The van der Waals surface area contributed by atoms with Crippen molar-refractivity contribution in [3.63, 3.8) is 0 Å². The number of allylic oxidation sites excluding steroid dienone is 3.